The number of nitrogens with zero attached hydrogens (tertiary/aromatic N) is 1. The molecule has 3 aromatic carbocycles. The van der Waals surface area contributed by atoms with Crippen LogP contribution in [0.2, 0.25) is 0 Å². The molecule has 296 valence electrons. The van der Waals surface area contributed by atoms with Gasteiger partial charge in [-0.2, -0.15) is 0 Å². The van der Waals surface area contributed by atoms with Crippen LogP contribution in [0.25, 0.3) is 66.5 Å². The average molecular weight is 827 g/mol. The molecule has 5 nitrogen and oxygen atoms in total. The molecular formula is C38H13F15N4O. The molecule has 58 heavy (non-hydrogen) atoms. The van der Waals surface area contributed by atoms with Crippen molar-refractivity contribution in [2.24, 2.45) is 0 Å². The normalized spacial score (nSPS) is 12.3. The van der Waals surface area contributed by atoms with Crippen molar-refractivity contribution < 1.29 is 70.7 Å². The predicted molar refractivity (Wildman–Crippen MR) is 175 cm³/mol. The van der Waals surface area contributed by atoms with Crippen LogP contribution in [-0.4, -0.2) is 26.2 Å². The minimum atomic E-state index is -2.61. The molecule has 0 saturated carbocycles. The van der Waals surface area contributed by atoms with Crippen LogP contribution in [0.5, 0.6) is 0 Å². The first-order chi connectivity index (χ1) is 27.5. The lowest BCUT2D eigenvalue weighted by Gasteiger charge is -2.11. The maximum Gasteiger partial charge on any atom is 0.200 e. The van der Waals surface area contributed by atoms with Gasteiger partial charge in [-0.3, -0.25) is 9.78 Å². The van der Waals surface area contributed by atoms with Gasteiger partial charge in [-0.25, -0.2) is 65.9 Å². The minimum absolute atomic E-state index is 0.0573. The molecular weight excluding hydrogens is 813 g/mol. The van der Waals surface area contributed by atoms with Crippen molar-refractivity contribution in [1.82, 2.24) is 19.9 Å². The number of fused-ring (bicyclic) bond motifs is 9. The monoisotopic (exact) mass is 826 g/mol. The summed E-state index contributed by atoms with van der Waals surface area (Å²) in [4.78, 5) is 24.1. The lowest BCUT2D eigenvalue weighted by molar-refractivity contribution is 0.112. The number of hydrogen-bond donors (Lipinski definition) is 3. The molecule has 20 heteroatoms. The van der Waals surface area contributed by atoms with E-state index in [2.05, 4.69) is 19.9 Å². The van der Waals surface area contributed by atoms with E-state index in [1.165, 1.54) is 0 Å². The Morgan fingerprint density at radius 1 is 0.379 bits per heavy atom. The Balaban J connectivity index is 1.68. The first kappa shape index (κ1) is 38.2. The highest BCUT2D eigenvalue weighted by Gasteiger charge is 2.34. The van der Waals surface area contributed by atoms with E-state index in [9.17, 15) is 44.3 Å². The standard InChI is InChI=1S/C38H13F15N4O/c39-23-20(24(40)30(46)35(51)29(23)45)17-11-2-1-10(54-11)16-7-9(8-58)38(57-16)19(22-27(43)33(49)37(53)34(50)28(22)44)15-6-5-14(56-15)18(13-4-3-12(17)55-13)21-25(41)31(47)36(52)32(48)26(21)42/h1-2,5-8,54,56-57H,3-4H2. The van der Waals surface area contributed by atoms with Crippen molar-refractivity contribution in [3.8, 4) is 33.4 Å². The quantitative estimate of drug-likeness (QED) is 0.0715. The third kappa shape index (κ3) is 5.37. The number of aryl methyl sites for hydroxylation is 2. The van der Waals surface area contributed by atoms with Gasteiger partial charge in [0, 0.05) is 38.8 Å². The molecule has 0 fully saturated rings. The van der Waals surface area contributed by atoms with E-state index in [0.29, 0.717) is 0 Å². The number of H-pyrrole nitrogens is 3. The number of aldehydes is 1. The molecule has 0 amide bonds. The number of rotatable bonds is 4. The number of carbonyl (C=O) groups is 1. The van der Waals surface area contributed by atoms with E-state index in [1.54, 1.807) is 0 Å². The Kier molecular flexibility index (Phi) is 8.85. The van der Waals surface area contributed by atoms with Gasteiger partial charge in [0.25, 0.3) is 0 Å². The van der Waals surface area contributed by atoms with E-state index < -0.39 is 172 Å². The second kappa shape index (κ2) is 13.4. The Labute approximate surface area is 310 Å². The fourth-order valence-electron chi connectivity index (χ4n) is 6.91. The van der Waals surface area contributed by atoms with Gasteiger partial charge in [-0.1, -0.05) is 0 Å². The smallest absolute Gasteiger partial charge is 0.200 e. The zero-order valence-corrected chi connectivity index (χ0v) is 27.9. The Morgan fingerprint density at radius 3 is 1.07 bits per heavy atom. The van der Waals surface area contributed by atoms with E-state index in [4.69, 9.17) is 0 Å². The second-order valence-corrected chi connectivity index (χ2v) is 12.7. The largest absolute Gasteiger partial charge is 0.354 e. The molecule has 1 aliphatic rings. The first-order valence-corrected chi connectivity index (χ1v) is 16.2. The lowest BCUT2D eigenvalue weighted by Crippen LogP contribution is -2.05. The summed E-state index contributed by atoms with van der Waals surface area (Å²) in [6.07, 6.45) is -1.14. The van der Waals surface area contributed by atoms with E-state index in [1.807, 2.05) is 0 Å². The number of halogens is 15. The number of carbonyl (C=O) groups excluding carboxylic acids is 1. The fourth-order valence-corrected chi connectivity index (χ4v) is 6.91. The van der Waals surface area contributed by atoms with Crippen molar-refractivity contribution >= 4 is 39.4 Å². The Morgan fingerprint density at radius 2 is 0.690 bits per heavy atom. The number of benzene rings is 3. The second-order valence-electron chi connectivity index (χ2n) is 12.7. The van der Waals surface area contributed by atoms with Crippen LogP contribution in [0.1, 0.15) is 21.7 Å². The van der Waals surface area contributed by atoms with E-state index >= 15 is 26.3 Å². The minimum Gasteiger partial charge on any atom is -0.354 e. The zero-order chi connectivity index (χ0) is 41.8. The summed E-state index contributed by atoms with van der Waals surface area (Å²) in [7, 11) is 0. The van der Waals surface area contributed by atoms with Crippen LogP contribution >= 0.6 is 0 Å². The molecule has 5 heterocycles. The molecule has 1 aliphatic heterocycles. The van der Waals surface area contributed by atoms with Crippen LogP contribution in [0.3, 0.4) is 0 Å². The molecule has 3 N–H and O–H groups in total. The van der Waals surface area contributed by atoms with Gasteiger partial charge in [-0.15, -0.1) is 0 Å². The summed E-state index contributed by atoms with van der Waals surface area (Å²) in [5.74, 6) is -37.0. The molecule has 4 aromatic heterocycles. The molecule has 7 aromatic rings. The highest BCUT2D eigenvalue weighted by Crippen LogP contribution is 2.42. The van der Waals surface area contributed by atoms with Gasteiger partial charge < -0.3 is 15.0 Å². The van der Waals surface area contributed by atoms with Crippen LogP contribution < -0.4 is 0 Å². The molecule has 0 spiro atoms. The van der Waals surface area contributed by atoms with Gasteiger partial charge in [0.1, 0.15) is 0 Å². The SMILES string of the molecule is O=Cc1cc2[nH]c1c(-c1c(F)c(F)c(F)c(F)c1F)c1ccc([nH]1)c(-c1c(F)c(F)c(F)c(F)c1F)c1nc(c(-c3c(F)c(F)c(F)c(F)c3F)c3ccc2[nH]3)CC1. The van der Waals surface area contributed by atoms with Crippen molar-refractivity contribution in [1.29, 1.82) is 0 Å². The molecule has 8 rings (SSSR count). The van der Waals surface area contributed by atoms with Crippen molar-refractivity contribution in [2.45, 2.75) is 12.8 Å². The fraction of sp³-hybridized carbons (Fsp3) is 0.0526. The summed E-state index contributed by atoms with van der Waals surface area (Å²) in [6.45, 7) is 0. The maximum atomic E-state index is 15.6. The van der Waals surface area contributed by atoms with Gasteiger partial charge >= 0.3 is 0 Å². The number of aromatic amines is 3. The maximum absolute atomic E-state index is 15.6. The predicted octanol–water partition coefficient (Wildman–Crippen LogP) is 11.2. The van der Waals surface area contributed by atoms with Crippen LogP contribution in [-0.2, 0) is 12.8 Å². The summed E-state index contributed by atoms with van der Waals surface area (Å²) in [6, 6.07) is 4.69. The number of hydrogen-bond acceptors (Lipinski definition) is 2. The Bertz CT molecular complexity index is 3020. The van der Waals surface area contributed by atoms with Gasteiger partial charge in [0.15, 0.2) is 76.1 Å². The highest BCUT2D eigenvalue weighted by molar-refractivity contribution is 6.04. The summed E-state index contributed by atoms with van der Waals surface area (Å²) in [5.41, 5.74) is -12.7. The number of nitrogens with one attached hydrogen (secondary N) is 3. The number of aromatic nitrogens is 4. The van der Waals surface area contributed by atoms with Crippen molar-refractivity contribution in [2.75, 3.05) is 0 Å². The summed E-state index contributed by atoms with van der Waals surface area (Å²) >= 11 is 0. The third-order valence-corrected chi connectivity index (χ3v) is 9.52. The van der Waals surface area contributed by atoms with Gasteiger partial charge in [0.05, 0.1) is 44.6 Å². The zero-order valence-electron chi connectivity index (χ0n) is 27.9. The van der Waals surface area contributed by atoms with Crippen LogP contribution in [0.15, 0.2) is 30.3 Å². The molecule has 0 radical (unpaired) electrons. The van der Waals surface area contributed by atoms with E-state index in [-0.39, 0.29) is 17.3 Å². The highest BCUT2D eigenvalue weighted by atomic mass is 19.2. The van der Waals surface area contributed by atoms with Crippen molar-refractivity contribution in [3.63, 3.8) is 0 Å². The van der Waals surface area contributed by atoms with Gasteiger partial charge in [0.2, 0.25) is 17.5 Å². The molecule has 0 atom stereocenters. The summed E-state index contributed by atoms with van der Waals surface area (Å²) in [5, 5.41) is 0. The molecule has 0 saturated heterocycles. The van der Waals surface area contributed by atoms with Crippen LogP contribution in [0, 0.1) is 87.3 Å². The summed E-state index contributed by atoms with van der Waals surface area (Å²) < 4.78 is 225. The van der Waals surface area contributed by atoms with Crippen LogP contribution in [0.4, 0.5) is 65.9 Å². The topological polar surface area (TPSA) is 77.3 Å². The third-order valence-electron chi connectivity index (χ3n) is 9.52. The Hall–Kier alpha value is -6.73. The average Bonchev–Trinajstić information content (AvgIpc) is 4.05. The molecule has 0 aliphatic carbocycles. The molecule has 0 unspecified atom stereocenters. The van der Waals surface area contributed by atoms with E-state index in [0.717, 1.165) is 30.3 Å². The molecule has 8 bridgehead atoms. The first-order valence-electron chi connectivity index (χ1n) is 16.2. The van der Waals surface area contributed by atoms with Crippen molar-refractivity contribution in [3.05, 3.63) is 135 Å². The lowest BCUT2D eigenvalue weighted by atomic mass is 9.98. The van der Waals surface area contributed by atoms with Gasteiger partial charge in [-0.05, 0) is 43.2 Å².